The first-order valence-corrected chi connectivity index (χ1v) is 10.1. The minimum absolute atomic E-state index is 0.00201. The van der Waals surface area contributed by atoms with Gasteiger partial charge in [0.25, 0.3) is 5.91 Å². The number of amides is 1. The van der Waals surface area contributed by atoms with Crippen molar-refractivity contribution in [3.63, 3.8) is 0 Å². The topological polar surface area (TPSA) is 114 Å². The Morgan fingerprint density at radius 2 is 1.79 bits per heavy atom. The van der Waals surface area contributed by atoms with Crippen LogP contribution in [0.5, 0.6) is 5.75 Å². The molecule has 0 bridgehead atoms. The molecule has 3 aromatic rings. The van der Waals surface area contributed by atoms with Gasteiger partial charge in [-0.15, -0.1) is 0 Å². The summed E-state index contributed by atoms with van der Waals surface area (Å²) in [7, 11) is 3.20. The number of benzene rings is 2. The maximum absolute atomic E-state index is 12.3. The smallest absolute Gasteiger partial charge is 0.405 e. The standard InChI is InChI=1S/C23H23F3N6O2/c1-28-17-7-3-14(4-8-17)16-6-10-20(29-12-16)32-22(27)31-18-9-5-15(11-19(18)34-2)21(33)30-13-23(24,25)26/h3-12,28H,13H2,1-2H3,(H,30,33)(H3,27,29,31,32). The highest BCUT2D eigenvalue weighted by atomic mass is 19.4. The normalized spacial score (nSPS) is 11.6. The van der Waals surface area contributed by atoms with E-state index < -0.39 is 18.6 Å². The van der Waals surface area contributed by atoms with Crippen LogP contribution >= 0.6 is 0 Å². The first-order valence-electron chi connectivity index (χ1n) is 10.1. The highest BCUT2D eigenvalue weighted by molar-refractivity contribution is 5.98. The molecule has 0 aliphatic rings. The third kappa shape index (κ3) is 6.61. The number of nitrogens with one attached hydrogen (secondary N) is 3. The van der Waals surface area contributed by atoms with Gasteiger partial charge in [-0.1, -0.05) is 12.1 Å². The van der Waals surface area contributed by atoms with Gasteiger partial charge in [-0.25, -0.2) is 4.98 Å². The minimum atomic E-state index is -4.50. The van der Waals surface area contributed by atoms with Crippen LogP contribution in [0.2, 0.25) is 0 Å². The van der Waals surface area contributed by atoms with E-state index in [9.17, 15) is 18.0 Å². The Morgan fingerprint density at radius 3 is 2.38 bits per heavy atom. The van der Waals surface area contributed by atoms with Crippen molar-refractivity contribution in [2.75, 3.05) is 31.3 Å². The van der Waals surface area contributed by atoms with Crippen LogP contribution in [0, 0.1) is 0 Å². The second-order valence-corrected chi connectivity index (χ2v) is 7.07. The lowest BCUT2D eigenvalue weighted by atomic mass is 10.1. The lowest BCUT2D eigenvalue weighted by Gasteiger charge is -2.13. The van der Waals surface area contributed by atoms with Gasteiger partial charge in [0, 0.05) is 30.1 Å². The van der Waals surface area contributed by atoms with Crippen LogP contribution in [0.1, 0.15) is 10.4 Å². The lowest BCUT2D eigenvalue weighted by molar-refractivity contribution is -0.123. The fourth-order valence-electron chi connectivity index (χ4n) is 2.96. The quantitative estimate of drug-likeness (QED) is 0.304. The van der Waals surface area contributed by atoms with Crippen molar-refractivity contribution >= 4 is 29.1 Å². The van der Waals surface area contributed by atoms with E-state index in [1.807, 2.05) is 37.4 Å². The van der Waals surface area contributed by atoms with Crippen molar-refractivity contribution in [3.05, 3.63) is 66.4 Å². The molecule has 0 saturated heterocycles. The number of methoxy groups -OCH3 is 1. The number of aliphatic imine (C=N–C) groups is 1. The summed E-state index contributed by atoms with van der Waals surface area (Å²) >= 11 is 0. The zero-order chi connectivity index (χ0) is 24.7. The molecule has 0 aliphatic carbocycles. The molecule has 8 nitrogen and oxygen atoms in total. The average molecular weight is 472 g/mol. The van der Waals surface area contributed by atoms with Crippen LogP contribution in [-0.4, -0.2) is 43.7 Å². The molecule has 0 aliphatic heterocycles. The second kappa shape index (κ2) is 10.6. The van der Waals surface area contributed by atoms with E-state index in [4.69, 9.17) is 10.5 Å². The van der Waals surface area contributed by atoms with E-state index in [2.05, 4.69) is 20.6 Å². The van der Waals surface area contributed by atoms with Crippen LogP contribution < -0.4 is 26.4 Å². The summed E-state index contributed by atoms with van der Waals surface area (Å²) in [5.74, 6) is -0.311. The molecule has 1 amide bonds. The SMILES string of the molecule is CNc1ccc(-c2ccc(N=C(N)Nc3ccc(C(=O)NCC(F)(F)F)cc3OC)nc2)cc1. The monoisotopic (exact) mass is 472 g/mol. The second-order valence-electron chi connectivity index (χ2n) is 7.07. The number of hydrogen-bond acceptors (Lipinski definition) is 5. The third-order valence-corrected chi connectivity index (χ3v) is 4.67. The Kier molecular flexibility index (Phi) is 7.57. The lowest BCUT2D eigenvalue weighted by Crippen LogP contribution is -2.33. The number of aromatic nitrogens is 1. The fourth-order valence-corrected chi connectivity index (χ4v) is 2.96. The van der Waals surface area contributed by atoms with Crippen LogP contribution in [0.15, 0.2) is 65.8 Å². The Bertz CT molecular complexity index is 1160. The maximum atomic E-state index is 12.3. The number of carbonyl (C=O) groups excluding carboxylic acids is 1. The number of rotatable bonds is 7. The Morgan fingerprint density at radius 1 is 1.09 bits per heavy atom. The summed E-state index contributed by atoms with van der Waals surface area (Å²) < 4.78 is 42.2. The van der Waals surface area contributed by atoms with Crippen LogP contribution in [0.25, 0.3) is 11.1 Å². The largest absolute Gasteiger partial charge is 0.495 e. The number of carbonyl (C=O) groups is 1. The van der Waals surface area contributed by atoms with Gasteiger partial charge in [0.2, 0.25) is 0 Å². The Balaban J connectivity index is 1.69. The molecule has 5 N–H and O–H groups in total. The van der Waals surface area contributed by atoms with Crippen molar-refractivity contribution in [1.82, 2.24) is 10.3 Å². The zero-order valence-electron chi connectivity index (χ0n) is 18.4. The number of nitrogens with two attached hydrogens (primary N) is 1. The Hall–Kier alpha value is -4.28. The van der Waals surface area contributed by atoms with Crippen molar-refractivity contribution in [1.29, 1.82) is 0 Å². The third-order valence-electron chi connectivity index (χ3n) is 4.67. The summed E-state index contributed by atoms with van der Waals surface area (Å²) in [5, 5.41) is 7.70. The van der Waals surface area contributed by atoms with Gasteiger partial charge in [-0.2, -0.15) is 18.2 Å². The van der Waals surface area contributed by atoms with Crippen LogP contribution in [0.3, 0.4) is 0 Å². The van der Waals surface area contributed by atoms with Crippen molar-refractivity contribution in [2.24, 2.45) is 10.7 Å². The first kappa shape index (κ1) is 24.4. The van der Waals surface area contributed by atoms with Gasteiger partial charge in [-0.05, 0) is 48.0 Å². The molecular formula is C23H23F3N6O2. The van der Waals surface area contributed by atoms with Gasteiger partial charge in [0.15, 0.2) is 11.8 Å². The molecule has 0 spiro atoms. The molecule has 34 heavy (non-hydrogen) atoms. The van der Waals surface area contributed by atoms with Gasteiger partial charge >= 0.3 is 6.18 Å². The van der Waals surface area contributed by atoms with Gasteiger partial charge in [0.1, 0.15) is 12.3 Å². The van der Waals surface area contributed by atoms with Gasteiger partial charge in [0.05, 0.1) is 12.8 Å². The van der Waals surface area contributed by atoms with E-state index in [0.717, 1.165) is 16.8 Å². The summed E-state index contributed by atoms with van der Waals surface area (Å²) in [6.45, 7) is -1.43. The van der Waals surface area contributed by atoms with E-state index in [-0.39, 0.29) is 17.3 Å². The van der Waals surface area contributed by atoms with Crippen molar-refractivity contribution in [2.45, 2.75) is 6.18 Å². The number of anilines is 2. The molecule has 0 fully saturated rings. The molecular weight excluding hydrogens is 449 g/mol. The summed E-state index contributed by atoms with van der Waals surface area (Å²) in [4.78, 5) is 20.5. The average Bonchev–Trinajstić information content (AvgIpc) is 2.83. The van der Waals surface area contributed by atoms with Gasteiger partial charge in [-0.3, -0.25) is 4.79 Å². The number of halogens is 3. The maximum Gasteiger partial charge on any atom is 0.405 e. The number of alkyl halides is 3. The fraction of sp³-hybridized carbons (Fsp3) is 0.174. The predicted molar refractivity (Wildman–Crippen MR) is 126 cm³/mol. The van der Waals surface area contributed by atoms with Crippen LogP contribution in [-0.2, 0) is 0 Å². The first-order chi connectivity index (χ1) is 16.2. The molecule has 11 heteroatoms. The number of guanidine groups is 1. The molecule has 2 aromatic carbocycles. The van der Waals surface area contributed by atoms with E-state index in [1.165, 1.54) is 25.3 Å². The number of pyridine rings is 1. The van der Waals surface area contributed by atoms with E-state index in [0.29, 0.717) is 11.5 Å². The highest BCUT2D eigenvalue weighted by Crippen LogP contribution is 2.26. The molecule has 3 rings (SSSR count). The molecule has 178 valence electrons. The van der Waals surface area contributed by atoms with Crippen molar-refractivity contribution < 1.29 is 22.7 Å². The summed E-state index contributed by atoms with van der Waals surface area (Å²) in [5.41, 5.74) is 9.25. The van der Waals surface area contributed by atoms with Crippen LogP contribution in [0.4, 0.5) is 30.4 Å². The van der Waals surface area contributed by atoms with E-state index in [1.54, 1.807) is 17.6 Å². The molecule has 0 atom stereocenters. The minimum Gasteiger partial charge on any atom is -0.495 e. The molecule has 0 saturated carbocycles. The summed E-state index contributed by atoms with van der Waals surface area (Å²) in [6, 6.07) is 15.5. The molecule has 0 radical (unpaired) electrons. The highest BCUT2D eigenvalue weighted by Gasteiger charge is 2.28. The number of nitrogens with zero attached hydrogens (tertiary/aromatic N) is 2. The molecule has 1 aromatic heterocycles. The molecule has 1 heterocycles. The summed E-state index contributed by atoms with van der Waals surface area (Å²) in [6.07, 6.45) is -2.83. The predicted octanol–water partition coefficient (Wildman–Crippen LogP) is 4.15. The van der Waals surface area contributed by atoms with Crippen molar-refractivity contribution in [3.8, 4) is 16.9 Å². The van der Waals surface area contributed by atoms with E-state index >= 15 is 0 Å². The number of ether oxygens (including phenoxy) is 1. The number of hydrogen-bond donors (Lipinski definition) is 4. The molecule has 0 unspecified atom stereocenters. The Labute approximate surface area is 194 Å². The zero-order valence-corrected chi connectivity index (χ0v) is 18.4. The van der Waals surface area contributed by atoms with Gasteiger partial charge < -0.3 is 26.4 Å².